The van der Waals surface area contributed by atoms with Gasteiger partial charge in [-0.05, 0) is 30.7 Å². The summed E-state index contributed by atoms with van der Waals surface area (Å²) in [6.07, 6.45) is 0.768. The number of pyridine rings is 1. The first-order valence-electron chi connectivity index (χ1n) is 9.01. The van der Waals surface area contributed by atoms with Crippen LogP contribution in [-0.2, 0) is 14.1 Å². The van der Waals surface area contributed by atoms with Crippen molar-refractivity contribution in [1.29, 1.82) is 0 Å². The van der Waals surface area contributed by atoms with E-state index in [9.17, 15) is 14.4 Å². The number of fused-ring (bicyclic) bond motifs is 1. The molecule has 0 radical (unpaired) electrons. The van der Waals surface area contributed by atoms with Crippen molar-refractivity contribution in [3.05, 3.63) is 69.0 Å². The van der Waals surface area contributed by atoms with Crippen molar-refractivity contribution in [2.75, 3.05) is 25.0 Å². The lowest BCUT2D eigenvalue weighted by molar-refractivity contribution is 0.0948. The van der Waals surface area contributed by atoms with E-state index in [2.05, 4.69) is 15.2 Å². The Hall–Kier alpha value is -3.42. The highest BCUT2D eigenvalue weighted by Gasteiger charge is 2.13. The normalized spacial score (nSPS) is 10.8. The van der Waals surface area contributed by atoms with Crippen molar-refractivity contribution in [3.63, 3.8) is 0 Å². The van der Waals surface area contributed by atoms with Gasteiger partial charge in [0.15, 0.2) is 0 Å². The van der Waals surface area contributed by atoms with Crippen LogP contribution in [0.4, 0.5) is 5.69 Å². The number of rotatable bonds is 6. The zero-order valence-electron chi connectivity index (χ0n) is 16.2. The summed E-state index contributed by atoms with van der Waals surface area (Å²) in [5, 5.41) is 3.13. The van der Waals surface area contributed by atoms with Crippen molar-refractivity contribution in [1.82, 2.24) is 19.4 Å². The summed E-state index contributed by atoms with van der Waals surface area (Å²) < 4.78 is 2.29. The van der Waals surface area contributed by atoms with Crippen LogP contribution < -0.4 is 21.5 Å². The molecule has 0 fully saturated rings. The molecule has 1 N–H and O–H groups in total. The number of nitrogens with one attached hydrogen (secondary N) is 1. The third-order valence-electron chi connectivity index (χ3n) is 4.69. The average Bonchev–Trinajstić information content (AvgIpc) is 2.73. The molecular formula is C20H23N5O3. The van der Waals surface area contributed by atoms with Crippen LogP contribution >= 0.6 is 0 Å². The Morgan fingerprint density at radius 1 is 1.07 bits per heavy atom. The lowest BCUT2D eigenvalue weighted by Crippen LogP contribution is -2.37. The fraction of sp³-hybridized carbons (Fsp3) is 0.300. The van der Waals surface area contributed by atoms with E-state index in [1.165, 1.54) is 30.8 Å². The van der Waals surface area contributed by atoms with Gasteiger partial charge in [-0.15, -0.1) is 0 Å². The highest BCUT2D eigenvalue weighted by Crippen LogP contribution is 2.11. The summed E-state index contributed by atoms with van der Waals surface area (Å²) in [6.45, 7) is 1.28. The third-order valence-corrected chi connectivity index (χ3v) is 4.69. The van der Waals surface area contributed by atoms with Gasteiger partial charge in [0.05, 0.1) is 5.39 Å². The fourth-order valence-electron chi connectivity index (χ4n) is 3.00. The quantitative estimate of drug-likeness (QED) is 0.641. The summed E-state index contributed by atoms with van der Waals surface area (Å²) in [5.74, 6) is -0.336. The predicted molar refractivity (Wildman–Crippen MR) is 109 cm³/mol. The topological polar surface area (TPSA) is 89.2 Å². The molecule has 1 amide bonds. The lowest BCUT2D eigenvalue weighted by atomic mass is 10.2. The number of nitrogens with zero attached hydrogens (tertiary/aromatic N) is 4. The Kier molecular flexibility index (Phi) is 5.58. The SMILES string of the molecule is CN(CCCNC(=O)c1ccc2c(=O)n(C)c(=O)n(C)c2n1)c1ccccc1. The number of carbonyl (C=O) groups excluding carboxylic acids is 1. The van der Waals surface area contributed by atoms with Crippen LogP contribution in [0, 0.1) is 0 Å². The van der Waals surface area contributed by atoms with Crippen molar-refractivity contribution in [3.8, 4) is 0 Å². The molecule has 28 heavy (non-hydrogen) atoms. The van der Waals surface area contributed by atoms with E-state index in [1.807, 2.05) is 37.4 Å². The fourth-order valence-corrected chi connectivity index (χ4v) is 3.00. The van der Waals surface area contributed by atoms with E-state index in [0.29, 0.717) is 11.9 Å². The monoisotopic (exact) mass is 381 g/mol. The van der Waals surface area contributed by atoms with Crippen LogP contribution in [0.1, 0.15) is 16.9 Å². The number of hydrogen-bond donors (Lipinski definition) is 1. The Morgan fingerprint density at radius 3 is 2.50 bits per heavy atom. The second kappa shape index (κ2) is 8.08. The van der Waals surface area contributed by atoms with Gasteiger partial charge in [0, 0.05) is 39.9 Å². The molecule has 3 aromatic rings. The standard InChI is InChI=1S/C20H23N5O3/c1-23(14-8-5-4-6-9-14)13-7-12-21-18(26)16-11-10-15-17(22-16)24(2)20(28)25(3)19(15)27/h4-6,8-11H,7,12-13H2,1-3H3,(H,21,26). The van der Waals surface area contributed by atoms with Crippen LogP contribution in [0.15, 0.2) is 52.1 Å². The zero-order valence-corrected chi connectivity index (χ0v) is 16.2. The van der Waals surface area contributed by atoms with Crippen molar-refractivity contribution in [2.45, 2.75) is 6.42 Å². The van der Waals surface area contributed by atoms with Gasteiger partial charge < -0.3 is 10.2 Å². The van der Waals surface area contributed by atoms with Gasteiger partial charge in [-0.3, -0.25) is 18.7 Å². The predicted octanol–water partition coefficient (Wildman–Crippen LogP) is 0.889. The highest BCUT2D eigenvalue weighted by atomic mass is 16.2. The largest absolute Gasteiger partial charge is 0.375 e. The molecule has 3 rings (SSSR count). The van der Waals surface area contributed by atoms with Crippen LogP contribution in [0.2, 0.25) is 0 Å². The average molecular weight is 381 g/mol. The van der Waals surface area contributed by atoms with Crippen molar-refractivity contribution >= 4 is 22.6 Å². The smallest absolute Gasteiger partial charge is 0.332 e. The molecule has 146 valence electrons. The molecule has 0 bridgehead atoms. The Bertz CT molecular complexity index is 1120. The molecule has 2 aromatic heterocycles. The minimum Gasteiger partial charge on any atom is -0.375 e. The molecule has 0 aliphatic heterocycles. The first-order chi connectivity index (χ1) is 13.4. The van der Waals surface area contributed by atoms with E-state index in [-0.39, 0.29) is 17.2 Å². The van der Waals surface area contributed by atoms with Gasteiger partial charge in [-0.1, -0.05) is 18.2 Å². The zero-order chi connectivity index (χ0) is 20.3. The van der Waals surface area contributed by atoms with Crippen LogP contribution in [0.25, 0.3) is 11.0 Å². The first-order valence-corrected chi connectivity index (χ1v) is 9.01. The minimum atomic E-state index is -0.480. The van der Waals surface area contributed by atoms with Gasteiger partial charge >= 0.3 is 5.69 Å². The molecular weight excluding hydrogens is 358 g/mol. The van der Waals surface area contributed by atoms with E-state index in [0.717, 1.165) is 23.2 Å². The molecule has 8 nitrogen and oxygen atoms in total. The Morgan fingerprint density at radius 2 is 1.79 bits per heavy atom. The van der Waals surface area contributed by atoms with Gasteiger partial charge in [0.25, 0.3) is 11.5 Å². The number of carbonyl (C=O) groups is 1. The number of para-hydroxylation sites is 1. The van der Waals surface area contributed by atoms with Gasteiger partial charge in [-0.2, -0.15) is 0 Å². The molecule has 0 aliphatic rings. The summed E-state index contributed by atoms with van der Waals surface area (Å²) in [4.78, 5) is 43.0. The van der Waals surface area contributed by atoms with E-state index < -0.39 is 11.2 Å². The molecule has 0 unspecified atom stereocenters. The third kappa shape index (κ3) is 3.80. The van der Waals surface area contributed by atoms with E-state index in [1.54, 1.807) is 0 Å². The van der Waals surface area contributed by atoms with Crippen LogP contribution in [-0.4, -0.2) is 40.2 Å². The van der Waals surface area contributed by atoms with E-state index >= 15 is 0 Å². The van der Waals surface area contributed by atoms with Gasteiger partial charge in [-0.25, -0.2) is 9.78 Å². The molecule has 0 spiro atoms. The molecule has 8 heteroatoms. The maximum Gasteiger partial charge on any atom is 0.332 e. The minimum absolute atomic E-state index is 0.173. The Labute approximate surface area is 162 Å². The van der Waals surface area contributed by atoms with Gasteiger partial charge in [0.1, 0.15) is 11.3 Å². The molecule has 0 atom stereocenters. The molecule has 0 aliphatic carbocycles. The summed E-state index contributed by atoms with van der Waals surface area (Å²) in [6, 6.07) is 13.0. The number of aryl methyl sites for hydroxylation is 1. The Balaban J connectivity index is 1.65. The molecule has 2 heterocycles. The second-order valence-corrected chi connectivity index (χ2v) is 6.64. The molecule has 0 saturated carbocycles. The number of aromatic nitrogens is 3. The molecule has 0 saturated heterocycles. The second-order valence-electron chi connectivity index (χ2n) is 6.64. The summed E-state index contributed by atoms with van der Waals surface area (Å²) >= 11 is 0. The number of anilines is 1. The maximum absolute atomic E-state index is 12.4. The van der Waals surface area contributed by atoms with Crippen molar-refractivity contribution in [2.24, 2.45) is 14.1 Å². The highest BCUT2D eigenvalue weighted by molar-refractivity contribution is 5.94. The number of amides is 1. The van der Waals surface area contributed by atoms with Gasteiger partial charge in [0.2, 0.25) is 0 Å². The summed E-state index contributed by atoms with van der Waals surface area (Å²) in [5.41, 5.74) is 0.581. The number of benzene rings is 1. The molecule has 1 aromatic carbocycles. The van der Waals surface area contributed by atoms with Crippen LogP contribution in [0.3, 0.4) is 0 Å². The number of hydrogen-bond acceptors (Lipinski definition) is 5. The van der Waals surface area contributed by atoms with Crippen LogP contribution in [0.5, 0.6) is 0 Å². The first kappa shape index (κ1) is 19.3. The van der Waals surface area contributed by atoms with Crippen molar-refractivity contribution < 1.29 is 4.79 Å². The lowest BCUT2D eigenvalue weighted by Gasteiger charge is -2.19. The maximum atomic E-state index is 12.4. The summed E-state index contributed by atoms with van der Waals surface area (Å²) in [7, 11) is 4.94. The van der Waals surface area contributed by atoms with E-state index in [4.69, 9.17) is 0 Å².